The van der Waals surface area contributed by atoms with E-state index in [2.05, 4.69) is 5.32 Å². The minimum atomic E-state index is -1.03. The van der Waals surface area contributed by atoms with Gasteiger partial charge in [-0.1, -0.05) is 18.9 Å². The van der Waals surface area contributed by atoms with Crippen LogP contribution in [0, 0.1) is 11.8 Å². The number of aromatic carboxylic acids is 1. The fourth-order valence-electron chi connectivity index (χ4n) is 3.88. The molecule has 134 valence electrons. The zero-order chi connectivity index (χ0) is 17.8. The predicted octanol–water partition coefficient (Wildman–Crippen LogP) is 2.75. The Balaban J connectivity index is 1.71. The van der Waals surface area contributed by atoms with Gasteiger partial charge in [-0.05, 0) is 43.9 Å². The molecule has 1 aromatic carbocycles. The second-order valence-corrected chi connectivity index (χ2v) is 6.91. The summed E-state index contributed by atoms with van der Waals surface area (Å²) in [6.45, 7) is 1.59. The minimum absolute atomic E-state index is 0.108. The number of benzene rings is 1. The normalized spacial score (nSPS) is 23.3. The second kappa shape index (κ2) is 7.68. The van der Waals surface area contributed by atoms with E-state index in [4.69, 9.17) is 5.11 Å². The largest absolute Gasteiger partial charge is 0.478 e. The number of carboxylic acids is 1. The topological polar surface area (TPSA) is 86.7 Å². The van der Waals surface area contributed by atoms with Crippen molar-refractivity contribution in [3.8, 4) is 0 Å². The van der Waals surface area contributed by atoms with E-state index in [-0.39, 0.29) is 29.2 Å². The van der Waals surface area contributed by atoms with E-state index >= 15 is 0 Å². The molecular formula is C19H24N2O4. The number of anilines is 1. The smallest absolute Gasteiger partial charge is 0.335 e. The van der Waals surface area contributed by atoms with Gasteiger partial charge in [-0.2, -0.15) is 0 Å². The molecule has 2 amide bonds. The van der Waals surface area contributed by atoms with Crippen LogP contribution in [0.2, 0.25) is 0 Å². The Bertz CT molecular complexity index is 667. The molecule has 1 aliphatic heterocycles. The lowest BCUT2D eigenvalue weighted by Gasteiger charge is -2.32. The number of carboxylic acid groups (broad SMARTS) is 1. The van der Waals surface area contributed by atoms with E-state index < -0.39 is 5.97 Å². The van der Waals surface area contributed by atoms with Crippen LogP contribution in [0.3, 0.4) is 0 Å². The van der Waals surface area contributed by atoms with Crippen molar-refractivity contribution in [1.29, 1.82) is 0 Å². The number of nitrogens with one attached hydrogen (secondary N) is 1. The summed E-state index contributed by atoms with van der Waals surface area (Å²) >= 11 is 0. The van der Waals surface area contributed by atoms with Gasteiger partial charge in [0.25, 0.3) is 0 Å². The van der Waals surface area contributed by atoms with Crippen LogP contribution >= 0.6 is 0 Å². The van der Waals surface area contributed by atoms with E-state index in [0.29, 0.717) is 12.1 Å². The summed E-state index contributed by atoms with van der Waals surface area (Å²) in [5.41, 5.74) is 0.592. The summed E-state index contributed by atoms with van der Waals surface area (Å²) in [6.07, 6.45) is 5.45. The first kappa shape index (κ1) is 17.5. The van der Waals surface area contributed by atoms with Crippen LogP contribution in [0.1, 0.15) is 48.9 Å². The molecule has 1 aliphatic carbocycles. The maximum atomic E-state index is 12.8. The number of hydrogen-bond donors (Lipinski definition) is 2. The van der Waals surface area contributed by atoms with E-state index in [9.17, 15) is 14.4 Å². The number of carbonyl (C=O) groups excluding carboxylic acids is 2. The molecule has 0 aromatic heterocycles. The van der Waals surface area contributed by atoms with E-state index in [1.54, 1.807) is 12.1 Å². The number of rotatable bonds is 4. The Morgan fingerprint density at radius 1 is 1.00 bits per heavy atom. The van der Waals surface area contributed by atoms with Crippen molar-refractivity contribution in [2.24, 2.45) is 11.8 Å². The Morgan fingerprint density at radius 2 is 1.68 bits per heavy atom. The summed E-state index contributed by atoms with van der Waals surface area (Å²) in [4.78, 5) is 38.5. The lowest BCUT2D eigenvalue weighted by atomic mass is 9.77. The van der Waals surface area contributed by atoms with Gasteiger partial charge in [-0.15, -0.1) is 0 Å². The third-order valence-corrected chi connectivity index (χ3v) is 5.21. The van der Waals surface area contributed by atoms with Crippen LogP contribution < -0.4 is 5.32 Å². The predicted molar refractivity (Wildman–Crippen MR) is 93.3 cm³/mol. The first-order valence-electron chi connectivity index (χ1n) is 8.99. The molecule has 2 atom stereocenters. The zero-order valence-corrected chi connectivity index (χ0v) is 14.2. The molecule has 25 heavy (non-hydrogen) atoms. The average molecular weight is 344 g/mol. The van der Waals surface area contributed by atoms with E-state index in [1.165, 1.54) is 12.1 Å². The molecule has 2 fully saturated rings. The minimum Gasteiger partial charge on any atom is -0.478 e. The number of amides is 2. The first-order chi connectivity index (χ1) is 12.1. The second-order valence-electron chi connectivity index (χ2n) is 6.91. The molecule has 1 aromatic rings. The van der Waals surface area contributed by atoms with Crippen molar-refractivity contribution in [1.82, 2.24) is 4.90 Å². The highest BCUT2D eigenvalue weighted by Gasteiger charge is 2.38. The fourth-order valence-corrected chi connectivity index (χ4v) is 3.88. The Kier molecular flexibility index (Phi) is 5.36. The van der Waals surface area contributed by atoms with Gasteiger partial charge < -0.3 is 15.3 Å². The van der Waals surface area contributed by atoms with Crippen LogP contribution in [0.4, 0.5) is 5.69 Å². The molecule has 6 heteroatoms. The Hall–Kier alpha value is -2.37. The highest BCUT2D eigenvalue weighted by atomic mass is 16.4. The van der Waals surface area contributed by atoms with Gasteiger partial charge in [0, 0.05) is 30.6 Å². The average Bonchev–Trinajstić information content (AvgIpc) is 3.16. The lowest BCUT2D eigenvalue weighted by molar-refractivity contribution is -0.141. The van der Waals surface area contributed by atoms with Gasteiger partial charge in [-0.3, -0.25) is 9.59 Å². The third-order valence-electron chi connectivity index (χ3n) is 5.21. The molecule has 0 radical (unpaired) electrons. The molecular weight excluding hydrogens is 320 g/mol. The van der Waals surface area contributed by atoms with E-state index in [1.807, 2.05) is 4.90 Å². The van der Waals surface area contributed by atoms with Gasteiger partial charge in [0.2, 0.25) is 11.8 Å². The monoisotopic (exact) mass is 344 g/mol. The first-order valence-corrected chi connectivity index (χ1v) is 8.99. The summed E-state index contributed by atoms with van der Waals surface area (Å²) in [7, 11) is 0. The van der Waals surface area contributed by atoms with Crippen LogP contribution in [0.15, 0.2) is 24.3 Å². The Labute approximate surface area is 147 Å². The molecule has 2 aliphatic rings. The molecule has 0 spiro atoms. The molecule has 1 heterocycles. The van der Waals surface area contributed by atoms with Crippen LogP contribution in [0.25, 0.3) is 0 Å². The quantitative estimate of drug-likeness (QED) is 0.879. The number of carbonyl (C=O) groups is 3. The maximum Gasteiger partial charge on any atom is 0.335 e. The molecule has 2 N–H and O–H groups in total. The van der Waals surface area contributed by atoms with E-state index in [0.717, 1.165) is 45.2 Å². The molecule has 1 saturated heterocycles. The van der Waals surface area contributed by atoms with Gasteiger partial charge in [0.15, 0.2) is 0 Å². The lowest BCUT2D eigenvalue weighted by Crippen LogP contribution is -2.42. The molecule has 6 nitrogen and oxygen atoms in total. The van der Waals surface area contributed by atoms with Crippen LogP contribution in [-0.2, 0) is 9.59 Å². The van der Waals surface area contributed by atoms with Crippen molar-refractivity contribution >= 4 is 23.5 Å². The summed E-state index contributed by atoms with van der Waals surface area (Å²) < 4.78 is 0. The Morgan fingerprint density at radius 3 is 2.36 bits per heavy atom. The third kappa shape index (κ3) is 4.00. The summed E-state index contributed by atoms with van der Waals surface area (Å²) in [5, 5.41) is 11.9. The molecule has 3 rings (SSSR count). The van der Waals surface area contributed by atoms with Crippen molar-refractivity contribution in [3.63, 3.8) is 0 Å². The van der Waals surface area contributed by atoms with Crippen molar-refractivity contribution in [2.45, 2.75) is 38.5 Å². The highest BCUT2D eigenvalue weighted by molar-refractivity contribution is 5.97. The molecule has 1 saturated carbocycles. The number of nitrogens with zero attached hydrogens (tertiary/aromatic N) is 1. The van der Waals surface area contributed by atoms with Gasteiger partial charge >= 0.3 is 5.97 Å². The summed E-state index contributed by atoms with van der Waals surface area (Å²) in [6, 6.07) is 6.20. The van der Waals surface area contributed by atoms with Crippen LogP contribution in [-0.4, -0.2) is 40.9 Å². The maximum absolute atomic E-state index is 12.8. The molecule has 0 bridgehead atoms. The summed E-state index contributed by atoms with van der Waals surface area (Å²) in [5.74, 6) is -1.70. The molecule has 2 unspecified atom stereocenters. The van der Waals surface area contributed by atoms with Crippen molar-refractivity contribution in [3.05, 3.63) is 29.8 Å². The van der Waals surface area contributed by atoms with Crippen molar-refractivity contribution < 1.29 is 19.5 Å². The van der Waals surface area contributed by atoms with Crippen molar-refractivity contribution in [2.75, 3.05) is 18.4 Å². The number of hydrogen-bond acceptors (Lipinski definition) is 3. The van der Waals surface area contributed by atoms with Gasteiger partial charge in [0.05, 0.1) is 5.56 Å². The fraction of sp³-hybridized carbons (Fsp3) is 0.526. The SMILES string of the molecule is O=C(O)c1cccc(NC(=O)C2CCCCC2C(=O)N2CCCC2)c1. The zero-order valence-electron chi connectivity index (χ0n) is 14.2. The van der Waals surface area contributed by atoms with Gasteiger partial charge in [0.1, 0.15) is 0 Å². The number of likely N-dealkylation sites (tertiary alicyclic amines) is 1. The van der Waals surface area contributed by atoms with Gasteiger partial charge in [-0.25, -0.2) is 4.79 Å². The van der Waals surface area contributed by atoms with Crippen LogP contribution in [0.5, 0.6) is 0 Å². The standard InChI is InChI=1S/C19H24N2O4/c22-17(20-14-7-5-6-13(12-14)19(24)25)15-8-1-2-9-16(15)18(23)21-10-3-4-11-21/h5-7,12,15-16H,1-4,8-11H2,(H,20,22)(H,24,25). The highest BCUT2D eigenvalue weighted by Crippen LogP contribution is 2.33.